The maximum Gasteiger partial charge on any atom is 0.265 e. The van der Waals surface area contributed by atoms with Crippen LogP contribution in [0.5, 0.6) is 5.75 Å². The van der Waals surface area contributed by atoms with Crippen LogP contribution in [0.25, 0.3) is 0 Å². The average molecular weight is 510 g/mol. The van der Waals surface area contributed by atoms with Crippen LogP contribution in [0.15, 0.2) is 67.0 Å². The number of benzene rings is 2. The van der Waals surface area contributed by atoms with E-state index in [-0.39, 0.29) is 29.2 Å². The molecule has 188 valence electrons. The van der Waals surface area contributed by atoms with Crippen molar-refractivity contribution in [3.8, 4) is 5.75 Å². The van der Waals surface area contributed by atoms with Gasteiger partial charge >= 0.3 is 0 Å². The molecule has 9 heteroatoms. The molecule has 2 aliphatic rings. The number of sulfonamides is 1. The third kappa shape index (κ3) is 5.57. The Bertz CT molecular complexity index is 1300. The number of hydrogen-bond acceptors (Lipinski definition) is 6. The summed E-state index contributed by atoms with van der Waals surface area (Å²) in [5, 5.41) is 0. The molecule has 1 saturated carbocycles. The molecule has 1 N–H and O–H groups in total. The monoisotopic (exact) mass is 509 g/mol. The molecule has 2 fully saturated rings. The van der Waals surface area contributed by atoms with Gasteiger partial charge in [0.15, 0.2) is 11.6 Å². The van der Waals surface area contributed by atoms with Gasteiger partial charge in [-0.2, -0.15) is 0 Å². The van der Waals surface area contributed by atoms with Gasteiger partial charge in [-0.3, -0.25) is 14.7 Å². The zero-order valence-electron chi connectivity index (χ0n) is 19.9. The van der Waals surface area contributed by atoms with E-state index in [9.17, 15) is 17.6 Å². The number of nitrogens with zero attached hydrogens (tertiary/aromatic N) is 2. The Hall–Kier alpha value is -3.30. The predicted molar refractivity (Wildman–Crippen MR) is 134 cm³/mol. The summed E-state index contributed by atoms with van der Waals surface area (Å²) in [4.78, 5) is 19.1. The molecule has 1 atom stereocenters. The van der Waals surface area contributed by atoms with Gasteiger partial charge < -0.3 is 4.74 Å². The quantitative estimate of drug-likeness (QED) is 0.471. The van der Waals surface area contributed by atoms with Crippen LogP contribution in [0.1, 0.15) is 51.8 Å². The predicted octanol–water partition coefficient (Wildman–Crippen LogP) is 3.89. The average Bonchev–Trinajstić information content (AvgIpc) is 3.66. The van der Waals surface area contributed by atoms with Crippen molar-refractivity contribution >= 4 is 15.9 Å². The topological polar surface area (TPSA) is 88.6 Å². The van der Waals surface area contributed by atoms with Crippen molar-refractivity contribution in [2.45, 2.75) is 24.8 Å². The standard InChI is InChI=1S/C27H28FN3O4S/c1-36(33,34)30-27(32)23-12-24(28)25(13-22(23)19-9-10-19)35-17-18-15-31(16-18)26(20-6-3-2-4-7-20)21-8-5-11-29-14-21/h2-8,11-14,18-19,26H,9-10,15-17H2,1H3,(H,30,32). The van der Waals surface area contributed by atoms with Gasteiger partial charge in [0.1, 0.15) is 0 Å². The van der Waals surface area contributed by atoms with Crippen molar-refractivity contribution in [1.82, 2.24) is 14.6 Å². The first-order valence-electron chi connectivity index (χ1n) is 12.0. The molecule has 7 nitrogen and oxygen atoms in total. The van der Waals surface area contributed by atoms with Crippen molar-refractivity contribution in [2.75, 3.05) is 26.0 Å². The third-order valence-corrected chi connectivity index (χ3v) is 7.14. The molecule has 1 amide bonds. The Morgan fingerprint density at radius 2 is 1.86 bits per heavy atom. The number of likely N-dealkylation sites (tertiary alicyclic amines) is 1. The fourth-order valence-electron chi connectivity index (χ4n) is 4.75. The molecule has 0 spiro atoms. The van der Waals surface area contributed by atoms with E-state index in [0.29, 0.717) is 12.2 Å². The normalized spacial score (nSPS) is 17.3. The van der Waals surface area contributed by atoms with Gasteiger partial charge in [-0.15, -0.1) is 0 Å². The number of ether oxygens (including phenoxy) is 1. The summed E-state index contributed by atoms with van der Waals surface area (Å²) >= 11 is 0. The number of carbonyl (C=O) groups excluding carboxylic acids is 1. The third-order valence-electron chi connectivity index (χ3n) is 6.58. The molecule has 1 aromatic heterocycles. The number of rotatable bonds is 9. The minimum absolute atomic E-state index is 0.0461. The van der Waals surface area contributed by atoms with E-state index in [1.165, 1.54) is 5.56 Å². The first kappa shape index (κ1) is 24.4. The lowest BCUT2D eigenvalue weighted by atomic mass is 9.91. The summed E-state index contributed by atoms with van der Waals surface area (Å²) in [5.74, 6) is -1.06. The molecular weight excluding hydrogens is 481 g/mol. The van der Waals surface area contributed by atoms with Crippen LogP contribution in [0.3, 0.4) is 0 Å². The maximum absolute atomic E-state index is 14.9. The second-order valence-corrected chi connectivity index (χ2v) is 11.3. The van der Waals surface area contributed by atoms with E-state index < -0.39 is 21.7 Å². The molecule has 0 radical (unpaired) electrons. The van der Waals surface area contributed by atoms with E-state index >= 15 is 0 Å². The zero-order valence-corrected chi connectivity index (χ0v) is 20.7. The zero-order chi connectivity index (χ0) is 25.3. The second-order valence-electron chi connectivity index (χ2n) is 9.58. The van der Waals surface area contributed by atoms with Gasteiger partial charge in [0.05, 0.1) is 18.9 Å². The van der Waals surface area contributed by atoms with E-state index in [0.717, 1.165) is 43.8 Å². The number of hydrogen-bond donors (Lipinski definition) is 1. The highest BCUT2D eigenvalue weighted by Gasteiger charge is 2.35. The highest BCUT2D eigenvalue weighted by molar-refractivity contribution is 7.89. The highest BCUT2D eigenvalue weighted by Crippen LogP contribution is 2.43. The minimum Gasteiger partial charge on any atom is -0.490 e. The molecule has 2 aromatic carbocycles. The fraction of sp³-hybridized carbons (Fsp3) is 0.333. The van der Waals surface area contributed by atoms with E-state index in [4.69, 9.17) is 4.74 Å². The van der Waals surface area contributed by atoms with Crippen LogP contribution in [-0.2, 0) is 10.0 Å². The van der Waals surface area contributed by atoms with Crippen molar-refractivity contribution in [2.24, 2.45) is 5.92 Å². The van der Waals surface area contributed by atoms with Crippen LogP contribution in [0.2, 0.25) is 0 Å². The Labute approximate surface area is 210 Å². The van der Waals surface area contributed by atoms with Gasteiger partial charge in [-0.1, -0.05) is 36.4 Å². The molecule has 1 aliphatic carbocycles. The maximum atomic E-state index is 14.9. The molecule has 5 rings (SSSR count). The van der Waals surface area contributed by atoms with Gasteiger partial charge in [0.2, 0.25) is 10.0 Å². The Balaban J connectivity index is 1.26. The summed E-state index contributed by atoms with van der Waals surface area (Å²) in [6.07, 6.45) is 6.29. The van der Waals surface area contributed by atoms with Crippen LogP contribution in [0, 0.1) is 11.7 Å². The Kier molecular flexibility index (Phi) is 6.77. The number of amides is 1. The number of pyridine rings is 1. The van der Waals surface area contributed by atoms with Crippen LogP contribution < -0.4 is 9.46 Å². The summed E-state index contributed by atoms with van der Waals surface area (Å²) < 4.78 is 45.6. The van der Waals surface area contributed by atoms with Crippen molar-refractivity contribution in [3.05, 3.63) is 95.1 Å². The molecule has 2 heterocycles. The van der Waals surface area contributed by atoms with Crippen molar-refractivity contribution in [3.63, 3.8) is 0 Å². The molecular formula is C27H28FN3O4S. The number of carbonyl (C=O) groups is 1. The minimum atomic E-state index is -3.75. The van der Waals surface area contributed by atoms with E-state index in [1.807, 2.05) is 35.2 Å². The summed E-state index contributed by atoms with van der Waals surface area (Å²) in [5.41, 5.74) is 2.98. The molecule has 1 saturated heterocycles. The molecule has 1 aliphatic heterocycles. The van der Waals surface area contributed by atoms with Gasteiger partial charge in [0, 0.05) is 37.0 Å². The lowest BCUT2D eigenvalue weighted by Gasteiger charge is -2.44. The summed E-state index contributed by atoms with van der Waals surface area (Å²) in [7, 11) is -3.75. The van der Waals surface area contributed by atoms with Gasteiger partial charge in [0.25, 0.3) is 5.91 Å². The number of aromatic nitrogens is 1. The van der Waals surface area contributed by atoms with Crippen molar-refractivity contribution < 1.29 is 22.3 Å². The molecule has 36 heavy (non-hydrogen) atoms. The Morgan fingerprint density at radius 3 is 2.50 bits per heavy atom. The Morgan fingerprint density at radius 1 is 1.14 bits per heavy atom. The SMILES string of the molecule is CS(=O)(=O)NC(=O)c1cc(F)c(OCC2CN(C(c3ccccc3)c3cccnc3)C2)cc1C1CC1. The molecule has 0 bridgehead atoms. The number of nitrogens with one attached hydrogen (secondary N) is 1. The smallest absolute Gasteiger partial charge is 0.265 e. The van der Waals surface area contributed by atoms with Gasteiger partial charge in [-0.25, -0.2) is 17.5 Å². The van der Waals surface area contributed by atoms with Crippen LogP contribution in [0.4, 0.5) is 4.39 Å². The highest BCUT2D eigenvalue weighted by atomic mass is 32.2. The molecule has 3 aromatic rings. The van der Waals surface area contributed by atoms with Crippen LogP contribution in [-0.4, -0.2) is 50.2 Å². The molecule has 1 unspecified atom stereocenters. The summed E-state index contributed by atoms with van der Waals surface area (Å²) in [6, 6.07) is 17.0. The van der Waals surface area contributed by atoms with Gasteiger partial charge in [-0.05, 0) is 53.6 Å². The first-order valence-corrected chi connectivity index (χ1v) is 13.8. The lowest BCUT2D eigenvalue weighted by molar-refractivity contribution is 0.0368. The lowest BCUT2D eigenvalue weighted by Crippen LogP contribution is -2.51. The van der Waals surface area contributed by atoms with Crippen LogP contribution >= 0.6 is 0 Å². The second kappa shape index (κ2) is 9.99. The van der Waals surface area contributed by atoms with Crippen molar-refractivity contribution in [1.29, 1.82) is 0 Å². The fourth-order valence-corrected chi connectivity index (χ4v) is 5.20. The number of halogens is 1. The first-order chi connectivity index (χ1) is 17.3. The largest absolute Gasteiger partial charge is 0.490 e. The van der Waals surface area contributed by atoms with E-state index in [2.05, 4.69) is 28.1 Å². The van der Waals surface area contributed by atoms with E-state index in [1.54, 1.807) is 12.3 Å². The summed E-state index contributed by atoms with van der Waals surface area (Å²) in [6.45, 7) is 1.93.